The molecule has 0 bridgehead atoms. The summed E-state index contributed by atoms with van der Waals surface area (Å²) in [6.45, 7) is 2.48. The van der Waals surface area contributed by atoms with Crippen LogP contribution in [-0.2, 0) is 6.54 Å². The molecule has 1 aromatic heterocycles. The lowest BCUT2D eigenvalue weighted by molar-refractivity contribution is 0.232. The average Bonchev–Trinajstić information content (AvgIpc) is 2.53. The number of hydrogen-bond acceptors (Lipinski definition) is 4. The molecule has 2 N–H and O–H groups in total. The van der Waals surface area contributed by atoms with Gasteiger partial charge in [-0.3, -0.25) is 0 Å². The molecular formula is C17H22FN5O. The predicted octanol–water partition coefficient (Wildman–Crippen LogP) is 2.03. The second-order valence-electron chi connectivity index (χ2n) is 5.69. The van der Waals surface area contributed by atoms with Crippen LogP contribution in [0.5, 0.6) is 0 Å². The van der Waals surface area contributed by atoms with Crippen LogP contribution >= 0.6 is 0 Å². The normalized spacial score (nSPS) is 12.0. The minimum absolute atomic E-state index is 0.118. The van der Waals surface area contributed by atoms with Crippen LogP contribution in [0.4, 0.5) is 9.18 Å². The number of aromatic nitrogens is 2. The molecule has 128 valence electrons. The van der Waals surface area contributed by atoms with Gasteiger partial charge in [-0.25, -0.2) is 19.2 Å². The Morgan fingerprint density at radius 3 is 2.75 bits per heavy atom. The number of aryl methyl sites for hydroxylation is 1. The summed E-state index contributed by atoms with van der Waals surface area (Å²) < 4.78 is 13.4. The van der Waals surface area contributed by atoms with E-state index in [0.29, 0.717) is 18.9 Å². The van der Waals surface area contributed by atoms with Crippen molar-refractivity contribution in [2.45, 2.75) is 19.5 Å². The third-order valence-electron chi connectivity index (χ3n) is 3.58. The number of halogens is 1. The number of likely N-dealkylation sites (N-methyl/N-ethyl adjacent to an activating group) is 1. The van der Waals surface area contributed by atoms with Gasteiger partial charge in [-0.05, 0) is 44.8 Å². The Kier molecular flexibility index (Phi) is 6.20. The van der Waals surface area contributed by atoms with Gasteiger partial charge in [-0.2, -0.15) is 0 Å². The molecule has 1 heterocycles. The van der Waals surface area contributed by atoms with Gasteiger partial charge in [-0.1, -0.05) is 12.1 Å². The Labute approximate surface area is 141 Å². The molecule has 1 aromatic carbocycles. The van der Waals surface area contributed by atoms with E-state index < -0.39 is 0 Å². The minimum Gasteiger partial charge on any atom is -0.336 e. The molecule has 0 spiro atoms. The fraction of sp³-hybridized carbons (Fsp3) is 0.353. The molecule has 0 aliphatic heterocycles. The Morgan fingerprint density at radius 1 is 1.29 bits per heavy atom. The molecule has 2 aromatic rings. The van der Waals surface area contributed by atoms with Crippen molar-refractivity contribution in [1.29, 1.82) is 0 Å². The van der Waals surface area contributed by atoms with E-state index in [1.165, 1.54) is 12.1 Å². The monoisotopic (exact) mass is 331 g/mol. The van der Waals surface area contributed by atoms with Gasteiger partial charge in [0.25, 0.3) is 0 Å². The van der Waals surface area contributed by atoms with Crippen LogP contribution in [-0.4, -0.2) is 41.5 Å². The van der Waals surface area contributed by atoms with E-state index in [0.717, 1.165) is 11.3 Å². The van der Waals surface area contributed by atoms with Crippen molar-refractivity contribution < 1.29 is 9.18 Å². The van der Waals surface area contributed by atoms with E-state index in [2.05, 4.69) is 20.6 Å². The number of nitrogens with one attached hydrogen (secondary N) is 2. The number of carbonyl (C=O) groups is 1. The maximum absolute atomic E-state index is 13.4. The Hall–Kier alpha value is -2.54. The summed E-state index contributed by atoms with van der Waals surface area (Å²) in [7, 11) is 3.78. The van der Waals surface area contributed by atoms with Crippen molar-refractivity contribution in [2.75, 3.05) is 20.6 Å². The van der Waals surface area contributed by atoms with Crippen LogP contribution in [0, 0.1) is 12.7 Å². The minimum atomic E-state index is -0.297. The summed E-state index contributed by atoms with van der Waals surface area (Å²) in [6, 6.07) is 7.73. The summed E-state index contributed by atoms with van der Waals surface area (Å²) in [5, 5.41) is 5.56. The van der Waals surface area contributed by atoms with Crippen LogP contribution in [0.1, 0.15) is 23.1 Å². The Bertz CT molecular complexity index is 692. The molecular weight excluding hydrogens is 309 g/mol. The van der Waals surface area contributed by atoms with Crippen LogP contribution in [0.15, 0.2) is 36.5 Å². The zero-order valence-corrected chi connectivity index (χ0v) is 14.1. The van der Waals surface area contributed by atoms with Gasteiger partial charge in [0, 0.05) is 12.7 Å². The summed E-state index contributed by atoms with van der Waals surface area (Å²) >= 11 is 0. The smallest absolute Gasteiger partial charge is 0.315 e. The lowest BCUT2D eigenvalue weighted by atomic mass is 10.1. The molecule has 2 amide bonds. The Balaban J connectivity index is 1.88. The van der Waals surface area contributed by atoms with Crippen molar-refractivity contribution in [2.24, 2.45) is 0 Å². The first-order valence-electron chi connectivity index (χ1n) is 7.68. The molecule has 7 heteroatoms. The summed E-state index contributed by atoms with van der Waals surface area (Å²) in [5.74, 6) is 0.372. The van der Waals surface area contributed by atoms with Crippen molar-refractivity contribution >= 4 is 6.03 Å². The van der Waals surface area contributed by atoms with Crippen molar-refractivity contribution in [3.05, 3.63) is 59.4 Å². The number of hydrogen-bond donors (Lipinski definition) is 2. The number of urea groups is 1. The standard InChI is InChI=1S/C17H22FN5O/c1-12-19-8-7-15(22-12)10-20-17(24)21-11-16(23(2)3)13-5-4-6-14(18)9-13/h4-9,16H,10-11H2,1-3H3,(H2,20,21,24). The van der Waals surface area contributed by atoms with E-state index in [9.17, 15) is 9.18 Å². The van der Waals surface area contributed by atoms with Gasteiger partial charge >= 0.3 is 6.03 Å². The van der Waals surface area contributed by atoms with Gasteiger partial charge in [0.15, 0.2) is 0 Å². The SMILES string of the molecule is Cc1nccc(CNC(=O)NCC(c2cccc(F)c2)N(C)C)n1. The zero-order valence-electron chi connectivity index (χ0n) is 14.1. The number of benzene rings is 1. The second-order valence-corrected chi connectivity index (χ2v) is 5.69. The molecule has 0 radical (unpaired) electrons. The van der Waals surface area contributed by atoms with Crippen LogP contribution in [0.3, 0.4) is 0 Å². The first-order chi connectivity index (χ1) is 11.5. The quantitative estimate of drug-likeness (QED) is 0.850. The first kappa shape index (κ1) is 17.8. The largest absolute Gasteiger partial charge is 0.336 e. The maximum atomic E-state index is 13.4. The first-order valence-corrected chi connectivity index (χ1v) is 7.68. The van der Waals surface area contributed by atoms with Crippen LogP contribution < -0.4 is 10.6 Å². The predicted molar refractivity (Wildman–Crippen MR) is 89.8 cm³/mol. The second kappa shape index (κ2) is 8.35. The molecule has 6 nitrogen and oxygen atoms in total. The highest BCUT2D eigenvalue weighted by molar-refractivity contribution is 5.73. The summed E-state index contributed by atoms with van der Waals surface area (Å²) in [4.78, 5) is 22.1. The molecule has 0 saturated heterocycles. The number of amides is 2. The number of carbonyl (C=O) groups excluding carboxylic acids is 1. The fourth-order valence-corrected chi connectivity index (χ4v) is 2.34. The highest BCUT2D eigenvalue weighted by atomic mass is 19.1. The lowest BCUT2D eigenvalue weighted by Gasteiger charge is -2.25. The lowest BCUT2D eigenvalue weighted by Crippen LogP contribution is -2.40. The third-order valence-corrected chi connectivity index (χ3v) is 3.58. The summed E-state index contributed by atoms with van der Waals surface area (Å²) in [6.07, 6.45) is 1.66. The molecule has 24 heavy (non-hydrogen) atoms. The van der Waals surface area contributed by atoms with Crippen molar-refractivity contribution in [1.82, 2.24) is 25.5 Å². The molecule has 0 aliphatic rings. The highest BCUT2D eigenvalue weighted by Gasteiger charge is 2.15. The average molecular weight is 331 g/mol. The van der Waals surface area contributed by atoms with E-state index in [1.807, 2.05) is 25.1 Å². The molecule has 2 rings (SSSR count). The highest BCUT2D eigenvalue weighted by Crippen LogP contribution is 2.18. The van der Waals surface area contributed by atoms with Crippen LogP contribution in [0.25, 0.3) is 0 Å². The Morgan fingerprint density at radius 2 is 2.08 bits per heavy atom. The molecule has 0 aliphatic carbocycles. The van der Waals surface area contributed by atoms with Gasteiger partial charge in [0.1, 0.15) is 11.6 Å². The third kappa shape index (κ3) is 5.27. The zero-order chi connectivity index (χ0) is 17.5. The number of nitrogens with zero attached hydrogens (tertiary/aromatic N) is 3. The van der Waals surface area contributed by atoms with Gasteiger partial charge in [0.2, 0.25) is 0 Å². The summed E-state index contributed by atoms with van der Waals surface area (Å²) in [5.41, 5.74) is 1.55. The van der Waals surface area contributed by atoms with Crippen LogP contribution in [0.2, 0.25) is 0 Å². The van der Waals surface area contributed by atoms with Gasteiger partial charge < -0.3 is 15.5 Å². The fourth-order valence-electron chi connectivity index (χ4n) is 2.34. The van der Waals surface area contributed by atoms with Gasteiger partial charge in [-0.15, -0.1) is 0 Å². The van der Waals surface area contributed by atoms with E-state index >= 15 is 0 Å². The molecule has 1 unspecified atom stereocenters. The van der Waals surface area contributed by atoms with E-state index in [-0.39, 0.29) is 17.9 Å². The molecule has 0 fully saturated rings. The molecule has 1 atom stereocenters. The maximum Gasteiger partial charge on any atom is 0.315 e. The van der Waals surface area contributed by atoms with E-state index in [4.69, 9.17) is 0 Å². The molecule has 0 saturated carbocycles. The van der Waals surface area contributed by atoms with E-state index in [1.54, 1.807) is 25.3 Å². The van der Waals surface area contributed by atoms with Crippen molar-refractivity contribution in [3.63, 3.8) is 0 Å². The topological polar surface area (TPSA) is 70.2 Å². The number of rotatable bonds is 6. The van der Waals surface area contributed by atoms with Gasteiger partial charge in [0.05, 0.1) is 18.3 Å². The van der Waals surface area contributed by atoms with Crippen molar-refractivity contribution in [3.8, 4) is 0 Å².